The molecule has 0 spiro atoms. The van der Waals surface area contributed by atoms with Crippen molar-refractivity contribution in [1.29, 1.82) is 0 Å². The summed E-state index contributed by atoms with van der Waals surface area (Å²) in [5, 5.41) is 8.66. The largest absolute Gasteiger partial charge is 0.394 e. The normalized spacial score (nSPS) is 19.0. The number of Topliss-reactive ketones (excluding diaryl/α,β-unsaturated/α-hetero) is 1. The third-order valence-corrected chi connectivity index (χ3v) is 3.84. The minimum Gasteiger partial charge on any atom is -0.394 e. The molecule has 0 aromatic heterocycles. The van der Waals surface area contributed by atoms with Crippen LogP contribution >= 0.6 is 0 Å². The lowest BCUT2D eigenvalue weighted by molar-refractivity contribution is 0.0682. The lowest BCUT2D eigenvalue weighted by Gasteiger charge is -2.23. The maximum absolute atomic E-state index is 12.9. The van der Waals surface area contributed by atoms with E-state index >= 15 is 0 Å². The van der Waals surface area contributed by atoms with Crippen LogP contribution < -0.4 is 0 Å². The highest BCUT2D eigenvalue weighted by Gasteiger charge is 2.26. The summed E-state index contributed by atoms with van der Waals surface area (Å²) in [7, 11) is 0. The molecule has 1 atom stereocenters. The average molecular weight is 295 g/mol. The number of hydrogen-bond acceptors (Lipinski definition) is 4. The summed E-state index contributed by atoms with van der Waals surface area (Å²) in [6.07, 6.45) is 2.56. The second-order valence-corrected chi connectivity index (χ2v) is 5.30. The van der Waals surface area contributed by atoms with Crippen LogP contribution in [0.5, 0.6) is 0 Å². The van der Waals surface area contributed by atoms with Crippen LogP contribution in [0.15, 0.2) is 24.3 Å². The van der Waals surface area contributed by atoms with Crippen molar-refractivity contribution in [2.24, 2.45) is 0 Å². The lowest BCUT2D eigenvalue weighted by Crippen LogP contribution is -2.34. The van der Waals surface area contributed by atoms with Crippen molar-refractivity contribution in [3.63, 3.8) is 0 Å². The van der Waals surface area contributed by atoms with Crippen LogP contribution in [0, 0.1) is 5.82 Å². The molecule has 1 heterocycles. The molecule has 1 aliphatic heterocycles. The van der Waals surface area contributed by atoms with E-state index in [0.29, 0.717) is 25.2 Å². The van der Waals surface area contributed by atoms with Gasteiger partial charge in [0, 0.05) is 24.6 Å². The van der Waals surface area contributed by atoms with Gasteiger partial charge in [0.2, 0.25) is 0 Å². The van der Waals surface area contributed by atoms with Crippen LogP contribution in [0.25, 0.3) is 0 Å². The number of nitrogens with zero attached hydrogens (tertiary/aromatic N) is 1. The van der Waals surface area contributed by atoms with Crippen molar-refractivity contribution < 1.29 is 19.0 Å². The fourth-order valence-electron chi connectivity index (χ4n) is 2.74. The monoisotopic (exact) mass is 295 g/mol. The first-order valence-corrected chi connectivity index (χ1v) is 7.42. The number of carbonyl (C=O) groups is 1. The van der Waals surface area contributed by atoms with Gasteiger partial charge >= 0.3 is 0 Å². The van der Waals surface area contributed by atoms with E-state index in [-0.39, 0.29) is 24.2 Å². The Labute approximate surface area is 124 Å². The van der Waals surface area contributed by atoms with Gasteiger partial charge < -0.3 is 9.84 Å². The van der Waals surface area contributed by atoms with E-state index in [1.807, 2.05) is 0 Å². The summed E-state index contributed by atoms with van der Waals surface area (Å²) < 4.78 is 18.1. The average Bonchev–Trinajstić information content (AvgIpc) is 2.91. The summed E-state index contributed by atoms with van der Waals surface area (Å²) in [6.45, 7) is 2.71. The fraction of sp³-hybridized carbons (Fsp3) is 0.562. The fourth-order valence-corrected chi connectivity index (χ4v) is 2.74. The van der Waals surface area contributed by atoms with Crippen LogP contribution in [0.4, 0.5) is 4.39 Å². The van der Waals surface area contributed by atoms with Crippen LogP contribution in [0.3, 0.4) is 0 Å². The predicted molar refractivity (Wildman–Crippen MR) is 77.8 cm³/mol. The molecule has 5 heteroatoms. The molecule has 0 radical (unpaired) electrons. The number of likely N-dealkylation sites (tertiary alicyclic amines) is 1. The van der Waals surface area contributed by atoms with Gasteiger partial charge in [-0.05, 0) is 43.7 Å². The highest BCUT2D eigenvalue weighted by molar-refractivity contribution is 5.96. The number of aliphatic hydroxyl groups excluding tert-OH is 1. The molecule has 1 saturated heterocycles. The Kier molecular flexibility index (Phi) is 6.29. The van der Waals surface area contributed by atoms with Gasteiger partial charge in [-0.25, -0.2) is 4.39 Å². The zero-order chi connectivity index (χ0) is 15.1. The molecule has 0 amide bonds. The van der Waals surface area contributed by atoms with Gasteiger partial charge in [-0.15, -0.1) is 0 Å². The molecular formula is C16H22FNO3. The second-order valence-electron chi connectivity index (χ2n) is 5.30. The Morgan fingerprint density at radius 2 is 2.10 bits per heavy atom. The van der Waals surface area contributed by atoms with Gasteiger partial charge in [-0.1, -0.05) is 0 Å². The van der Waals surface area contributed by atoms with Crippen molar-refractivity contribution in [3.05, 3.63) is 35.6 Å². The molecule has 1 aromatic carbocycles. The van der Waals surface area contributed by atoms with Crippen molar-refractivity contribution in [1.82, 2.24) is 4.90 Å². The van der Waals surface area contributed by atoms with Gasteiger partial charge in [0.25, 0.3) is 0 Å². The van der Waals surface area contributed by atoms with Gasteiger partial charge in [-0.3, -0.25) is 9.69 Å². The number of ketones is 1. The summed E-state index contributed by atoms with van der Waals surface area (Å²) >= 11 is 0. The maximum atomic E-state index is 12.9. The zero-order valence-electron chi connectivity index (χ0n) is 12.1. The van der Waals surface area contributed by atoms with Crippen LogP contribution in [-0.2, 0) is 4.74 Å². The van der Waals surface area contributed by atoms with E-state index in [1.165, 1.54) is 12.1 Å². The first kappa shape index (κ1) is 16.1. The van der Waals surface area contributed by atoms with Crippen molar-refractivity contribution in [2.75, 3.05) is 32.9 Å². The lowest BCUT2D eigenvalue weighted by atomic mass is 10.0. The number of carbonyl (C=O) groups excluding carboxylic acids is 1. The Hall–Kier alpha value is -1.30. The van der Waals surface area contributed by atoms with E-state index < -0.39 is 0 Å². The molecule has 116 valence electrons. The third kappa shape index (κ3) is 4.88. The molecule has 0 aliphatic carbocycles. The quantitative estimate of drug-likeness (QED) is 0.587. The molecule has 4 nitrogen and oxygen atoms in total. The number of rotatable bonds is 8. The van der Waals surface area contributed by atoms with Crippen LogP contribution in [0.1, 0.15) is 29.6 Å². The first-order chi connectivity index (χ1) is 10.2. The number of ether oxygens (including phenoxy) is 1. The smallest absolute Gasteiger partial charge is 0.164 e. The summed E-state index contributed by atoms with van der Waals surface area (Å²) in [5.74, 6) is -0.266. The van der Waals surface area contributed by atoms with Gasteiger partial charge in [0.05, 0.1) is 19.8 Å². The summed E-state index contributed by atoms with van der Waals surface area (Å²) in [5.41, 5.74) is 0.569. The van der Waals surface area contributed by atoms with Gasteiger partial charge in [-0.2, -0.15) is 0 Å². The predicted octanol–water partition coefficient (Wildman–Crippen LogP) is 1.87. The summed E-state index contributed by atoms with van der Waals surface area (Å²) in [6, 6.07) is 5.97. The maximum Gasteiger partial charge on any atom is 0.164 e. The number of aliphatic hydroxyl groups is 1. The number of halogens is 1. The minimum atomic E-state index is -0.324. The molecular weight excluding hydrogens is 273 g/mol. The van der Waals surface area contributed by atoms with Crippen molar-refractivity contribution in [2.45, 2.75) is 25.3 Å². The second kappa shape index (κ2) is 8.22. The molecule has 21 heavy (non-hydrogen) atoms. The molecule has 0 bridgehead atoms. The SMILES string of the molecule is O=C(CC1CCCN1CCOCCO)c1ccc(F)cc1. The standard InChI is InChI=1S/C16H22FNO3/c17-14-5-3-13(4-6-14)16(20)12-15-2-1-7-18(15)8-10-21-11-9-19/h3-6,15,19H,1-2,7-12H2. The number of hydrogen-bond donors (Lipinski definition) is 1. The van der Waals surface area contributed by atoms with Crippen molar-refractivity contribution >= 4 is 5.78 Å². The van der Waals surface area contributed by atoms with E-state index in [4.69, 9.17) is 9.84 Å². The Morgan fingerprint density at radius 3 is 2.81 bits per heavy atom. The molecule has 1 unspecified atom stereocenters. The molecule has 1 aromatic rings. The highest BCUT2D eigenvalue weighted by Crippen LogP contribution is 2.21. The highest BCUT2D eigenvalue weighted by atomic mass is 19.1. The van der Waals surface area contributed by atoms with Crippen LogP contribution in [-0.4, -0.2) is 54.7 Å². The molecule has 1 N–H and O–H groups in total. The Balaban J connectivity index is 1.82. The molecule has 1 aliphatic rings. The molecule has 1 fully saturated rings. The topological polar surface area (TPSA) is 49.8 Å². The Morgan fingerprint density at radius 1 is 1.33 bits per heavy atom. The van der Waals surface area contributed by atoms with Gasteiger partial charge in [0.1, 0.15) is 5.82 Å². The van der Waals surface area contributed by atoms with E-state index in [2.05, 4.69) is 4.90 Å². The molecule has 0 saturated carbocycles. The minimum absolute atomic E-state index is 0.0342. The first-order valence-electron chi connectivity index (χ1n) is 7.42. The number of benzene rings is 1. The van der Waals surface area contributed by atoms with Crippen LogP contribution in [0.2, 0.25) is 0 Å². The van der Waals surface area contributed by atoms with Gasteiger partial charge in [0.15, 0.2) is 5.78 Å². The van der Waals surface area contributed by atoms with E-state index in [0.717, 1.165) is 25.9 Å². The zero-order valence-corrected chi connectivity index (χ0v) is 12.1. The summed E-state index contributed by atoms with van der Waals surface area (Å²) in [4.78, 5) is 14.5. The molecule has 2 rings (SSSR count). The Bertz CT molecular complexity index is 449. The van der Waals surface area contributed by atoms with Crippen molar-refractivity contribution in [3.8, 4) is 0 Å². The third-order valence-electron chi connectivity index (χ3n) is 3.84. The van der Waals surface area contributed by atoms with E-state index in [9.17, 15) is 9.18 Å². The van der Waals surface area contributed by atoms with E-state index in [1.54, 1.807) is 12.1 Å².